The zero-order valence-electron chi connectivity index (χ0n) is 10.4. The van der Waals surface area contributed by atoms with E-state index in [2.05, 4.69) is 27.1 Å². The Morgan fingerprint density at radius 3 is 2.76 bits per heavy atom. The third-order valence-corrected chi connectivity index (χ3v) is 2.76. The van der Waals surface area contributed by atoms with Gasteiger partial charge in [0.05, 0.1) is 31.3 Å². The van der Waals surface area contributed by atoms with Crippen molar-refractivity contribution < 1.29 is 4.74 Å². The summed E-state index contributed by atoms with van der Waals surface area (Å²) in [4.78, 5) is 11.1. The number of rotatable bonds is 5. The number of morpholine rings is 1. The van der Waals surface area contributed by atoms with Crippen LogP contribution >= 0.6 is 0 Å². The zero-order chi connectivity index (χ0) is 11.9. The second-order valence-corrected chi connectivity index (χ2v) is 4.14. The Balaban J connectivity index is 1.88. The third-order valence-electron chi connectivity index (χ3n) is 2.76. The Morgan fingerprint density at radius 2 is 2.12 bits per heavy atom. The number of nitrogens with zero attached hydrogens (tertiary/aromatic N) is 3. The van der Waals surface area contributed by atoms with Gasteiger partial charge >= 0.3 is 0 Å². The molecule has 1 aromatic rings. The van der Waals surface area contributed by atoms with E-state index < -0.39 is 0 Å². The van der Waals surface area contributed by atoms with Gasteiger partial charge in [0.2, 0.25) is 0 Å². The van der Waals surface area contributed by atoms with Crippen LogP contribution in [0.3, 0.4) is 0 Å². The minimum Gasteiger partial charge on any atom is -0.378 e. The van der Waals surface area contributed by atoms with Crippen LogP contribution in [0.1, 0.15) is 19.0 Å². The molecule has 5 heteroatoms. The lowest BCUT2D eigenvalue weighted by molar-refractivity contribution is 0.122. The van der Waals surface area contributed by atoms with Crippen molar-refractivity contribution in [3.63, 3.8) is 0 Å². The molecule has 2 heterocycles. The maximum Gasteiger partial charge on any atom is 0.147 e. The number of hydrogen-bond acceptors (Lipinski definition) is 5. The summed E-state index contributed by atoms with van der Waals surface area (Å²) in [6.45, 7) is 7.34. The summed E-state index contributed by atoms with van der Waals surface area (Å²) in [5.41, 5.74) is 0.996. The SMILES string of the molecule is CCCNCc1cnc(N2CCOCC2)cn1. The van der Waals surface area contributed by atoms with E-state index in [1.165, 1.54) is 0 Å². The van der Waals surface area contributed by atoms with Gasteiger partial charge in [0.1, 0.15) is 5.82 Å². The van der Waals surface area contributed by atoms with Crippen molar-refractivity contribution in [1.29, 1.82) is 0 Å². The smallest absolute Gasteiger partial charge is 0.147 e. The highest BCUT2D eigenvalue weighted by Crippen LogP contribution is 2.10. The first kappa shape index (κ1) is 12.3. The average Bonchev–Trinajstić information content (AvgIpc) is 2.41. The summed E-state index contributed by atoms with van der Waals surface area (Å²) in [5, 5.41) is 3.31. The first-order valence-corrected chi connectivity index (χ1v) is 6.24. The lowest BCUT2D eigenvalue weighted by atomic mass is 10.4. The summed E-state index contributed by atoms with van der Waals surface area (Å²) >= 11 is 0. The van der Waals surface area contributed by atoms with Crippen LogP contribution in [-0.4, -0.2) is 42.8 Å². The number of nitrogens with one attached hydrogen (secondary N) is 1. The van der Waals surface area contributed by atoms with Gasteiger partial charge in [-0.05, 0) is 13.0 Å². The predicted octanol–water partition coefficient (Wildman–Crippen LogP) is 0.813. The van der Waals surface area contributed by atoms with Crippen LogP contribution < -0.4 is 10.2 Å². The zero-order valence-corrected chi connectivity index (χ0v) is 10.4. The Bertz CT molecular complexity index is 322. The van der Waals surface area contributed by atoms with E-state index in [1.807, 2.05) is 12.4 Å². The van der Waals surface area contributed by atoms with Crippen LogP contribution in [0, 0.1) is 0 Å². The maximum absolute atomic E-state index is 5.31. The second-order valence-electron chi connectivity index (χ2n) is 4.14. The highest BCUT2D eigenvalue weighted by atomic mass is 16.5. The molecule has 2 rings (SSSR count). The second kappa shape index (κ2) is 6.51. The van der Waals surface area contributed by atoms with E-state index in [1.54, 1.807) is 0 Å². The monoisotopic (exact) mass is 236 g/mol. The van der Waals surface area contributed by atoms with E-state index in [0.717, 1.165) is 57.3 Å². The van der Waals surface area contributed by atoms with Crippen LogP contribution in [0.25, 0.3) is 0 Å². The molecule has 0 aromatic carbocycles. The molecule has 0 aliphatic carbocycles. The molecule has 1 N–H and O–H groups in total. The minimum atomic E-state index is 0.779. The van der Waals surface area contributed by atoms with Crippen LogP contribution in [-0.2, 0) is 11.3 Å². The van der Waals surface area contributed by atoms with Gasteiger partial charge in [-0.1, -0.05) is 6.92 Å². The molecule has 0 saturated carbocycles. The maximum atomic E-state index is 5.31. The van der Waals surface area contributed by atoms with Gasteiger partial charge in [-0.3, -0.25) is 4.98 Å². The largest absolute Gasteiger partial charge is 0.378 e. The lowest BCUT2D eigenvalue weighted by Gasteiger charge is -2.27. The number of ether oxygens (including phenoxy) is 1. The highest BCUT2D eigenvalue weighted by molar-refractivity contribution is 5.36. The normalized spacial score (nSPS) is 16.2. The van der Waals surface area contributed by atoms with Crippen molar-refractivity contribution in [2.45, 2.75) is 19.9 Å². The summed E-state index contributed by atoms with van der Waals surface area (Å²) in [5.74, 6) is 0.951. The van der Waals surface area contributed by atoms with Gasteiger partial charge in [-0.2, -0.15) is 0 Å². The predicted molar refractivity (Wildman–Crippen MR) is 67.1 cm³/mol. The van der Waals surface area contributed by atoms with E-state index in [9.17, 15) is 0 Å². The van der Waals surface area contributed by atoms with Gasteiger partial charge < -0.3 is 15.0 Å². The molecular weight excluding hydrogens is 216 g/mol. The standard InChI is InChI=1S/C12H20N4O/c1-2-3-13-8-11-9-15-12(10-14-11)16-4-6-17-7-5-16/h9-10,13H,2-8H2,1H3. The van der Waals surface area contributed by atoms with Gasteiger partial charge in [-0.15, -0.1) is 0 Å². The molecule has 0 bridgehead atoms. The van der Waals surface area contributed by atoms with Crippen molar-refractivity contribution >= 4 is 5.82 Å². The number of anilines is 1. The Morgan fingerprint density at radius 1 is 1.29 bits per heavy atom. The molecule has 1 aromatic heterocycles. The topological polar surface area (TPSA) is 50.3 Å². The molecule has 0 atom stereocenters. The highest BCUT2D eigenvalue weighted by Gasteiger charge is 2.12. The first-order valence-electron chi connectivity index (χ1n) is 6.24. The van der Waals surface area contributed by atoms with Gasteiger partial charge in [0.25, 0.3) is 0 Å². The van der Waals surface area contributed by atoms with Crippen molar-refractivity contribution in [3.05, 3.63) is 18.1 Å². The molecule has 17 heavy (non-hydrogen) atoms. The molecule has 1 saturated heterocycles. The average molecular weight is 236 g/mol. The minimum absolute atomic E-state index is 0.779. The number of hydrogen-bond donors (Lipinski definition) is 1. The van der Waals surface area contributed by atoms with Crippen molar-refractivity contribution in [3.8, 4) is 0 Å². The van der Waals surface area contributed by atoms with E-state index in [4.69, 9.17) is 4.74 Å². The van der Waals surface area contributed by atoms with E-state index in [0.29, 0.717) is 0 Å². The fourth-order valence-electron chi connectivity index (χ4n) is 1.79. The first-order chi connectivity index (χ1) is 8.40. The molecule has 5 nitrogen and oxygen atoms in total. The van der Waals surface area contributed by atoms with Crippen LogP contribution in [0.4, 0.5) is 5.82 Å². The summed E-state index contributed by atoms with van der Waals surface area (Å²) in [7, 11) is 0. The third kappa shape index (κ3) is 3.64. The molecule has 0 amide bonds. The van der Waals surface area contributed by atoms with E-state index in [-0.39, 0.29) is 0 Å². The molecular formula is C12H20N4O. The quantitative estimate of drug-likeness (QED) is 0.767. The molecule has 0 spiro atoms. The van der Waals surface area contributed by atoms with Gasteiger partial charge in [0, 0.05) is 19.6 Å². The molecule has 0 radical (unpaired) electrons. The Hall–Kier alpha value is -1.20. The molecule has 0 unspecified atom stereocenters. The molecule has 1 aliphatic heterocycles. The molecule has 1 fully saturated rings. The van der Waals surface area contributed by atoms with Crippen LogP contribution in [0.15, 0.2) is 12.4 Å². The van der Waals surface area contributed by atoms with Crippen LogP contribution in [0.2, 0.25) is 0 Å². The lowest BCUT2D eigenvalue weighted by Crippen LogP contribution is -2.36. The summed E-state index contributed by atoms with van der Waals surface area (Å²) in [6.07, 6.45) is 4.85. The van der Waals surface area contributed by atoms with Crippen molar-refractivity contribution in [2.24, 2.45) is 0 Å². The van der Waals surface area contributed by atoms with Gasteiger partial charge in [-0.25, -0.2) is 4.98 Å². The van der Waals surface area contributed by atoms with Crippen LogP contribution in [0.5, 0.6) is 0 Å². The number of aromatic nitrogens is 2. The van der Waals surface area contributed by atoms with E-state index >= 15 is 0 Å². The fraction of sp³-hybridized carbons (Fsp3) is 0.667. The molecule has 1 aliphatic rings. The Labute approximate surface area is 102 Å². The van der Waals surface area contributed by atoms with Crippen molar-refractivity contribution in [1.82, 2.24) is 15.3 Å². The Kier molecular flexibility index (Phi) is 4.70. The molecule has 94 valence electrons. The summed E-state index contributed by atoms with van der Waals surface area (Å²) in [6, 6.07) is 0. The fourth-order valence-corrected chi connectivity index (χ4v) is 1.79. The summed E-state index contributed by atoms with van der Waals surface area (Å²) < 4.78 is 5.31. The van der Waals surface area contributed by atoms with Gasteiger partial charge in [0.15, 0.2) is 0 Å². The van der Waals surface area contributed by atoms with Crippen molar-refractivity contribution in [2.75, 3.05) is 37.7 Å².